The van der Waals surface area contributed by atoms with Gasteiger partial charge in [-0.15, -0.1) is 0 Å². The van der Waals surface area contributed by atoms with Gasteiger partial charge in [0.25, 0.3) is 5.56 Å². The molecule has 2 aliphatic carbocycles. The third-order valence-corrected chi connectivity index (χ3v) is 5.99. The van der Waals surface area contributed by atoms with Crippen molar-refractivity contribution in [2.75, 3.05) is 0 Å². The summed E-state index contributed by atoms with van der Waals surface area (Å²) in [6.07, 6.45) is 10.0. The largest absolute Gasteiger partial charge is 0.332 e. The molecule has 0 unspecified atom stereocenters. The Balaban J connectivity index is 1.80. The van der Waals surface area contributed by atoms with Crippen molar-refractivity contribution in [3.05, 3.63) is 27.2 Å². The Bertz CT molecular complexity index is 958. The summed E-state index contributed by atoms with van der Waals surface area (Å²) < 4.78 is 4.88. The highest BCUT2D eigenvalue weighted by atomic mass is 16.2. The number of fused-ring (bicyclic) bond motifs is 1. The van der Waals surface area contributed by atoms with Crippen LogP contribution in [0.15, 0.2) is 15.9 Å². The smallest absolute Gasteiger partial charge is 0.324 e. The number of hydrogen-bond donors (Lipinski definition) is 0. The van der Waals surface area contributed by atoms with Crippen molar-refractivity contribution in [3.8, 4) is 0 Å². The van der Waals surface area contributed by atoms with Gasteiger partial charge in [-0.2, -0.15) is 0 Å². The van der Waals surface area contributed by atoms with Gasteiger partial charge in [-0.05, 0) is 44.4 Å². The lowest BCUT2D eigenvalue weighted by Crippen LogP contribution is -2.42. The normalized spacial score (nSPS) is 18.3. The van der Waals surface area contributed by atoms with Crippen LogP contribution in [0.1, 0.15) is 58.3 Å². The minimum absolute atomic E-state index is 0.0747. The molecule has 2 saturated carbocycles. The average Bonchev–Trinajstić information content (AvgIpc) is 3.38. The van der Waals surface area contributed by atoms with Crippen molar-refractivity contribution >= 4 is 16.9 Å². The van der Waals surface area contributed by atoms with Gasteiger partial charge < -0.3 is 4.57 Å². The van der Waals surface area contributed by atoms with Gasteiger partial charge >= 0.3 is 5.69 Å². The quantitative estimate of drug-likeness (QED) is 0.747. The van der Waals surface area contributed by atoms with Crippen molar-refractivity contribution in [2.45, 2.75) is 77.9 Å². The number of rotatable bonds is 7. The molecule has 0 saturated heterocycles. The third-order valence-electron chi connectivity index (χ3n) is 5.99. The van der Waals surface area contributed by atoms with Gasteiger partial charge in [0, 0.05) is 26.1 Å². The van der Waals surface area contributed by atoms with Crippen LogP contribution in [0, 0.1) is 11.8 Å². The fraction of sp³-hybridized carbons (Fsp3) is 0.700. The Morgan fingerprint density at radius 2 is 1.70 bits per heavy atom. The van der Waals surface area contributed by atoms with Crippen LogP contribution >= 0.6 is 0 Å². The zero-order valence-electron chi connectivity index (χ0n) is 16.0. The number of imidazole rings is 1. The van der Waals surface area contributed by atoms with Gasteiger partial charge in [0.2, 0.25) is 0 Å². The van der Waals surface area contributed by atoms with E-state index in [1.165, 1.54) is 23.8 Å². The Kier molecular flexibility index (Phi) is 5.02. The lowest BCUT2D eigenvalue weighted by Gasteiger charge is -2.23. The Morgan fingerprint density at radius 3 is 2.37 bits per heavy atom. The van der Waals surface area contributed by atoms with Gasteiger partial charge in [-0.1, -0.05) is 19.3 Å². The van der Waals surface area contributed by atoms with Crippen LogP contribution in [0.2, 0.25) is 0 Å². The van der Waals surface area contributed by atoms with E-state index < -0.39 is 0 Å². The van der Waals surface area contributed by atoms with Gasteiger partial charge in [0.05, 0.1) is 6.33 Å². The zero-order valence-corrected chi connectivity index (χ0v) is 16.0. The molecule has 2 aliphatic rings. The van der Waals surface area contributed by atoms with Crippen molar-refractivity contribution in [1.82, 2.24) is 18.7 Å². The van der Waals surface area contributed by atoms with Crippen molar-refractivity contribution in [1.29, 1.82) is 0 Å². The first-order valence-corrected chi connectivity index (χ1v) is 10.2. The van der Waals surface area contributed by atoms with E-state index in [1.54, 1.807) is 22.4 Å². The molecule has 2 fully saturated rings. The molecular formula is C20H28N4O3. The molecule has 7 heteroatoms. The molecule has 0 bridgehead atoms. The van der Waals surface area contributed by atoms with E-state index >= 15 is 0 Å². The van der Waals surface area contributed by atoms with Crippen LogP contribution in [0.25, 0.3) is 11.2 Å². The standard InChI is InChI=1S/C20H28N4O3/c1-14(25)9-10-22-13-21-18-17(22)19(26)24(12-16-7-8-16)20(27)23(18)11-15-5-3-2-4-6-15/h13,15-16H,2-12H2,1H3. The summed E-state index contributed by atoms with van der Waals surface area (Å²) >= 11 is 0. The second-order valence-corrected chi connectivity index (χ2v) is 8.32. The molecule has 0 aliphatic heterocycles. The lowest BCUT2D eigenvalue weighted by atomic mass is 9.89. The minimum Gasteiger partial charge on any atom is -0.324 e. The number of hydrogen-bond acceptors (Lipinski definition) is 4. The molecule has 2 aromatic heterocycles. The highest BCUT2D eigenvalue weighted by molar-refractivity contribution is 5.76. The van der Waals surface area contributed by atoms with Gasteiger partial charge in [-0.3, -0.25) is 18.7 Å². The van der Waals surface area contributed by atoms with Crippen LogP contribution in [-0.2, 0) is 24.4 Å². The zero-order chi connectivity index (χ0) is 19.0. The summed E-state index contributed by atoms with van der Waals surface area (Å²) in [5, 5.41) is 0. The number of aryl methyl sites for hydroxylation is 1. The first-order valence-electron chi connectivity index (χ1n) is 10.2. The molecule has 0 aromatic carbocycles. The molecule has 2 heterocycles. The first kappa shape index (κ1) is 18.2. The van der Waals surface area contributed by atoms with E-state index in [2.05, 4.69) is 4.98 Å². The van der Waals surface area contributed by atoms with Crippen LogP contribution < -0.4 is 11.2 Å². The minimum atomic E-state index is -0.261. The van der Waals surface area contributed by atoms with E-state index in [9.17, 15) is 14.4 Å². The van der Waals surface area contributed by atoms with E-state index in [-0.39, 0.29) is 17.0 Å². The molecule has 4 rings (SSSR count). The summed E-state index contributed by atoms with van der Waals surface area (Å²) in [6, 6.07) is 0. The third kappa shape index (κ3) is 3.77. The van der Waals surface area contributed by atoms with Crippen LogP contribution in [0.3, 0.4) is 0 Å². The van der Waals surface area contributed by atoms with Crippen molar-refractivity contribution in [3.63, 3.8) is 0 Å². The predicted octanol–water partition coefficient (Wildman–Crippen LogP) is 2.33. The number of Topliss-reactive ketones (excluding diaryl/α,β-unsaturated/α-hetero) is 1. The number of nitrogens with zero attached hydrogens (tertiary/aromatic N) is 4. The summed E-state index contributed by atoms with van der Waals surface area (Å²) in [5.41, 5.74) is 0.461. The maximum absolute atomic E-state index is 13.1. The topological polar surface area (TPSA) is 78.9 Å². The van der Waals surface area contributed by atoms with Crippen LogP contribution in [0.5, 0.6) is 0 Å². The van der Waals surface area contributed by atoms with Gasteiger partial charge in [-0.25, -0.2) is 9.78 Å². The summed E-state index contributed by atoms with van der Waals surface area (Å²) in [5.74, 6) is 0.976. The molecule has 0 atom stereocenters. The molecule has 0 radical (unpaired) electrons. The highest BCUT2D eigenvalue weighted by Gasteiger charge is 2.27. The first-order chi connectivity index (χ1) is 13.0. The molecular weight excluding hydrogens is 344 g/mol. The van der Waals surface area contributed by atoms with Gasteiger partial charge in [0.15, 0.2) is 11.2 Å². The highest BCUT2D eigenvalue weighted by Crippen LogP contribution is 2.30. The summed E-state index contributed by atoms with van der Waals surface area (Å²) in [4.78, 5) is 42.0. The molecule has 146 valence electrons. The fourth-order valence-electron chi connectivity index (χ4n) is 4.20. The average molecular weight is 372 g/mol. The lowest BCUT2D eigenvalue weighted by molar-refractivity contribution is -0.117. The van der Waals surface area contributed by atoms with Crippen molar-refractivity contribution in [2.24, 2.45) is 11.8 Å². The maximum Gasteiger partial charge on any atom is 0.332 e. The molecule has 0 N–H and O–H groups in total. The molecule has 27 heavy (non-hydrogen) atoms. The summed E-state index contributed by atoms with van der Waals surface area (Å²) in [6.45, 7) is 3.09. The van der Waals surface area contributed by atoms with E-state index in [0.717, 1.165) is 25.7 Å². The van der Waals surface area contributed by atoms with Crippen LogP contribution in [0.4, 0.5) is 0 Å². The van der Waals surface area contributed by atoms with E-state index in [1.807, 2.05) is 0 Å². The van der Waals surface area contributed by atoms with Crippen LogP contribution in [-0.4, -0.2) is 24.5 Å². The second kappa shape index (κ2) is 7.44. The fourth-order valence-corrected chi connectivity index (χ4v) is 4.20. The number of ketones is 1. The van der Waals surface area contributed by atoms with Crippen molar-refractivity contribution < 1.29 is 4.79 Å². The monoisotopic (exact) mass is 372 g/mol. The van der Waals surface area contributed by atoms with E-state index in [4.69, 9.17) is 0 Å². The summed E-state index contributed by atoms with van der Waals surface area (Å²) in [7, 11) is 0. The molecule has 0 spiro atoms. The number of aromatic nitrogens is 4. The maximum atomic E-state index is 13.1. The number of carbonyl (C=O) groups excluding carboxylic acids is 1. The molecule has 7 nitrogen and oxygen atoms in total. The molecule has 0 amide bonds. The number of carbonyl (C=O) groups is 1. The Labute approximate surface area is 158 Å². The predicted molar refractivity (Wildman–Crippen MR) is 103 cm³/mol. The van der Waals surface area contributed by atoms with Gasteiger partial charge in [0.1, 0.15) is 5.78 Å². The second-order valence-electron chi connectivity index (χ2n) is 8.32. The Morgan fingerprint density at radius 1 is 1.04 bits per heavy atom. The SMILES string of the molecule is CC(=O)CCn1cnc2c1c(=O)n(CC1CC1)c(=O)n2CC1CCCCC1. The van der Waals surface area contributed by atoms with E-state index in [0.29, 0.717) is 49.1 Å². The molecule has 2 aromatic rings. The Hall–Kier alpha value is -2.18.